The maximum absolute atomic E-state index is 2.45. The Labute approximate surface area is 117 Å². The first-order valence-electron chi connectivity index (χ1n) is 7.57. The molecule has 18 heavy (non-hydrogen) atoms. The topological polar surface area (TPSA) is 0 Å². The van der Waals surface area contributed by atoms with Crippen LogP contribution >= 0.6 is 0 Å². The molecule has 0 aliphatic heterocycles. The van der Waals surface area contributed by atoms with Crippen molar-refractivity contribution in [3.05, 3.63) is 5.92 Å². The molecule has 0 aromatic rings. The smallest absolute Gasteiger partial charge is 0.0241 e. The lowest BCUT2D eigenvalue weighted by atomic mass is 9.54. The van der Waals surface area contributed by atoms with Gasteiger partial charge in [-0.3, -0.25) is 0 Å². The Balaban J connectivity index is 5.04. The van der Waals surface area contributed by atoms with Gasteiger partial charge in [0, 0.05) is 0 Å². The molecule has 0 heteroatoms. The summed E-state index contributed by atoms with van der Waals surface area (Å²) in [6, 6.07) is 0. The third kappa shape index (κ3) is 3.52. The Kier molecular flexibility index (Phi) is 5.55. The molecule has 0 N–H and O–H groups in total. The molecule has 0 aromatic carbocycles. The lowest BCUT2D eigenvalue weighted by Gasteiger charge is -2.50. The van der Waals surface area contributed by atoms with E-state index < -0.39 is 0 Å². The van der Waals surface area contributed by atoms with Crippen molar-refractivity contribution in [2.45, 2.75) is 82.6 Å². The van der Waals surface area contributed by atoms with Crippen LogP contribution in [-0.4, -0.2) is 0 Å². The van der Waals surface area contributed by atoms with Crippen LogP contribution in [0.25, 0.3) is 0 Å². The van der Waals surface area contributed by atoms with Crippen molar-refractivity contribution in [2.75, 3.05) is 0 Å². The minimum absolute atomic E-state index is 0.291. The molecule has 0 nitrogen and oxygen atoms in total. The molecule has 0 aliphatic carbocycles. The Bertz CT molecular complexity index is 253. The maximum Gasteiger partial charge on any atom is -0.0241 e. The lowest BCUT2D eigenvalue weighted by molar-refractivity contribution is 0.0260. The van der Waals surface area contributed by atoms with E-state index in [1.807, 2.05) is 0 Å². The van der Waals surface area contributed by atoms with E-state index in [1.54, 1.807) is 5.92 Å². The van der Waals surface area contributed by atoms with Gasteiger partial charge in [-0.25, -0.2) is 0 Å². The monoisotopic (exact) mass is 253 g/mol. The first-order valence-corrected chi connectivity index (χ1v) is 7.57. The minimum atomic E-state index is 0.291. The highest BCUT2D eigenvalue weighted by molar-refractivity contribution is 5.05. The predicted octanol–water partition coefficient (Wildman–Crippen LogP) is 6.36. The van der Waals surface area contributed by atoms with E-state index in [1.165, 1.54) is 6.42 Å². The van der Waals surface area contributed by atoms with Gasteiger partial charge in [0.15, 0.2) is 0 Å². The molecule has 109 valence electrons. The standard InChI is InChI=1S/C18H37/c1-13(2)16(6,7)12-15(5)18(10,11)17(8,9)14(3)4/h13,15H,12H2,1-11H3. The van der Waals surface area contributed by atoms with Crippen molar-refractivity contribution in [1.82, 2.24) is 0 Å². The molecule has 0 amide bonds. The van der Waals surface area contributed by atoms with Crippen LogP contribution in [0.1, 0.15) is 82.6 Å². The molecule has 0 saturated carbocycles. The van der Waals surface area contributed by atoms with Gasteiger partial charge in [0.2, 0.25) is 0 Å². The van der Waals surface area contributed by atoms with Crippen molar-refractivity contribution < 1.29 is 0 Å². The van der Waals surface area contributed by atoms with Crippen LogP contribution in [0.2, 0.25) is 0 Å². The van der Waals surface area contributed by atoms with Gasteiger partial charge >= 0.3 is 0 Å². The van der Waals surface area contributed by atoms with E-state index >= 15 is 0 Å². The maximum atomic E-state index is 2.45. The summed E-state index contributed by atoms with van der Waals surface area (Å²) in [5.74, 6) is 3.01. The summed E-state index contributed by atoms with van der Waals surface area (Å²) >= 11 is 0. The second-order valence-corrected chi connectivity index (χ2v) is 8.60. The molecular formula is C18H37. The molecule has 0 bridgehead atoms. The average molecular weight is 253 g/mol. The zero-order chi connectivity index (χ0) is 14.9. The molecule has 0 aromatic heterocycles. The fourth-order valence-corrected chi connectivity index (χ4v) is 2.54. The van der Waals surface area contributed by atoms with E-state index in [0.29, 0.717) is 16.2 Å². The van der Waals surface area contributed by atoms with Gasteiger partial charge in [-0.1, -0.05) is 76.2 Å². The number of hydrogen-bond donors (Lipinski definition) is 0. The molecule has 1 unspecified atom stereocenters. The van der Waals surface area contributed by atoms with Crippen molar-refractivity contribution in [2.24, 2.45) is 28.1 Å². The second kappa shape index (κ2) is 5.55. The molecular weight excluding hydrogens is 216 g/mol. The van der Waals surface area contributed by atoms with Crippen LogP contribution in [0, 0.1) is 34.0 Å². The van der Waals surface area contributed by atoms with Gasteiger partial charge < -0.3 is 0 Å². The quantitative estimate of drug-likeness (QED) is 0.516. The van der Waals surface area contributed by atoms with Gasteiger partial charge in [0.05, 0.1) is 0 Å². The van der Waals surface area contributed by atoms with E-state index in [2.05, 4.69) is 76.2 Å². The van der Waals surface area contributed by atoms with Crippen LogP contribution in [0.3, 0.4) is 0 Å². The second-order valence-electron chi connectivity index (χ2n) is 8.60. The molecule has 1 radical (unpaired) electrons. The van der Waals surface area contributed by atoms with E-state index in [0.717, 1.165) is 11.8 Å². The minimum Gasteiger partial charge on any atom is -0.0623 e. The third-order valence-corrected chi connectivity index (χ3v) is 6.49. The van der Waals surface area contributed by atoms with Crippen LogP contribution < -0.4 is 0 Å². The van der Waals surface area contributed by atoms with E-state index in [-0.39, 0.29) is 0 Å². The summed E-state index contributed by atoms with van der Waals surface area (Å²) < 4.78 is 0. The SMILES string of the molecule is C[C](C)C(C)(C)C(C)(C)C(C)CC(C)(C)C(C)C. The zero-order valence-electron chi connectivity index (χ0n) is 14.9. The van der Waals surface area contributed by atoms with Crippen molar-refractivity contribution in [3.8, 4) is 0 Å². The summed E-state index contributed by atoms with van der Waals surface area (Å²) in [6.07, 6.45) is 1.30. The van der Waals surface area contributed by atoms with E-state index in [4.69, 9.17) is 0 Å². The van der Waals surface area contributed by atoms with E-state index in [9.17, 15) is 0 Å². The zero-order valence-corrected chi connectivity index (χ0v) is 14.9. The third-order valence-electron chi connectivity index (χ3n) is 6.49. The van der Waals surface area contributed by atoms with Crippen LogP contribution in [0.15, 0.2) is 0 Å². The average Bonchev–Trinajstić information content (AvgIpc) is 2.15. The summed E-state index contributed by atoms with van der Waals surface area (Å²) in [5, 5.41) is 0. The van der Waals surface area contributed by atoms with Gasteiger partial charge in [0.25, 0.3) is 0 Å². The summed E-state index contributed by atoms with van der Waals surface area (Å²) in [7, 11) is 0. The van der Waals surface area contributed by atoms with Gasteiger partial charge in [0.1, 0.15) is 0 Å². The molecule has 0 fully saturated rings. The van der Waals surface area contributed by atoms with Crippen molar-refractivity contribution in [1.29, 1.82) is 0 Å². The van der Waals surface area contributed by atoms with Crippen LogP contribution in [0.5, 0.6) is 0 Å². The summed E-state index contributed by atoms with van der Waals surface area (Å²) in [4.78, 5) is 0. The molecule has 0 aliphatic rings. The molecule has 0 heterocycles. The lowest BCUT2D eigenvalue weighted by Crippen LogP contribution is -2.42. The van der Waals surface area contributed by atoms with Crippen LogP contribution in [-0.2, 0) is 0 Å². The number of hydrogen-bond acceptors (Lipinski definition) is 0. The van der Waals surface area contributed by atoms with Crippen LogP contribution in [0.4, 0.5) is 0 Å². The van der Waals surface area contributed by atoms with Gasteiger partial charge in [-0.05, 0) is 40.4 Å². The molecule has 0 spiro atoms. The predicted molar refractivity (Wildman–Crippen MR) is 84.6 cm³/mol. The van der Waals surface area contributed by atoms with Gasteiger partial charge in [-0.15, -0.1) is 0 Å². The molecule has 0 rings (SSSR count). The fourth-order valence-electron chi connectivity index (χ4n) is 2.54. The Morgan fingerprint density at radius 1 is 0.833 bits per heavy atom. The normalized spacial score (nSPS) is 16.5. The molecule has 1 atom stereocenters. The largest absolute Gasteiger partial charge is 0.0623 e. The molecule has 0 saturated heterocycles. The number of rotatable bonds is 6. The highest BCUT2D eigenvalue weighted by Gasteiger charge is 2.44. The first kappa shape index (κ1) is 18.0. The van der Waals surface area contributed by atoms with Gasteiger partial charge in [-0.2, -0.15) is 0 Å². The Morgan fingerprint density at radius 2 is 1.22 bits per heavy atom. The first-order chi connectivity index (χ1) is 7.76. The Hall–Kier alpha value is 0. The van der Waals surface area contributed by atoms with Crippen molar-refractivity contribution in [3.63, 3.8) is 0 Å². The highest BCUT2D eigenvalue weighted by atomic mass is 14.5. The summed E-state index contributed by atoms with van der Waals surface area (Å²) in [6.45, 7) is 26.2. The fraction of sp³-hybridized carbons (Fsp3) is 0.944. The highest BCUT2D eigenvalue weighted by Crippen LogP contribution is 2.53. The summed E-state index contributed by atoms with van der Waals surface area (Å²) in [5.41, 5.74) is 1.05. The Morgan fingerprint density at radius 3 is 1.50 bits per heavy atom. The van der Waals surface area contributed by atoms with Crippen molar-refractivity contribution >= 4 is 0 Å².